The predicted molar refractivity (Wildman–Crippen MR) is 59.3 cm³/mol. The van der Waals surface area contributed by atoms with Gasteiger partial charge in [0.25, 0.3) is 0 Å². The highest BCUT2D eigenvalue weighted by Gasteiger charge is 2.08. The number of nitrogens with zero attached hydrogens (tertiary/aromatic N) is 1. The first-order valence-corrected chi connectivity index (χ1v) is 5.09. The summed E-state index contributed by atoms with van der Waals surface area (Å²) in [5.74, 6) is 0.923. The zero-order chi connectivity index (χ0) is 10.5. The van der Waals surface area contributed by atoms with Crippen LogP contribution in [0.2, 0.25) is 0 Å². The van der Waals surface area contributed by atoms with Gasteiger partial charge in [0.15, 0.2) is 6.39 Å². The minimum atomic E-state index is 0.676. The highest BCUT2D eigenvalue weighted by molar-refractivity contribution is 5.60. The predicted octanol–water partition coefficient (Wildman–Crippen LogP) is 2.23. The summed E-state index contributed by atoms with van der Waals surface area (Å²) in [5, 5.41) is 0. The third-order valence-electron chi connectivity index (χ3n) is 2.30. The van der Waals surface area contributed by atoms with Crippen LogP contribution in [0.25, 0.3) is 11.3 Å². The number of benzene rings is 1. The Kier molecular flexibility index (Phi) is 3.15. The van der Waals surface area contributed by atoms with Gasteiger partial charge in [-0.1, -0.05) is 30.3 Å². The van der Waals surface area contributed by atoms with Crippen LogP contribution in [-0.4, -0.2) is 11.5 Å². The zero-order valence-electron chi connectivity index (χ0n) is 8.52. The fourth-order valence-electron chi connectivity index (χ4n) is 1.54. The first-order valence-electron chi connectivity index (χ1n) is 5.09. The Morgan fingerprint density at radius 3 is 2.73 bits per heavy atom. The van der Waals surface area contributed by atoms with Crippen molar-refractivity contribution in [2.75, 3.05) is 6.54 Å². The van der Waals surface area contributed by atoms with Crippen molar-refractivity contribution in [3.05, 3.63) is 42.5 Å². The Balaban J connectivity index is 2.25. The molecule has 1 aromatic heterocycles. The van der Waals surface area contributed by atoms with Crippen molar-refractivity contribution >= 4 is 0 Å². The number of rotatable bonds is 4. The van der Waals surface area contributed by atoms with Crippen molar-refractivity contribution in [3.8, 4) is 11.3 Å². The summed E-state index contributed by atoms with van der Waals surface area (Å²) < 4.78 is 5.35. The second-order valence-electron chi connectivity index (χ2n) is 3.38. The van der Waals surface area contributed by atoms with E-state index in [0.29, 0.717) is 6.54 Å². The summed E-state index contributed by atoms with van der Waals surface area (Å²) in [6.45, 7) is 0.676. The molecule has 0 unspecified atom stereocenters. The molecule has 0 aliphatic heterocycles. The highest BCUT2D eigenvalue weighted by Crippen LogP contribution is 2.22. The van der Waals surface area contributed by atoms with Crippen molar-refractivity contribution in [1.29, 1.82) is 0 Å². The molecule has 78 valence electrons. The number of aryl methyl sites for hydroxylation is 1. The second kappa shape index (κ2) is 4.75. The van der Waals surface area contributed by atoms with Gasteiger partial charge in [0, 0.05) is 12.0 Å². The molecule has 2 aromatic rings. The van der Waals surface area contributed by atoms with Gasteiger partial charge in [0.1, 0.15) is 11.5 Å². The molecule has 0 bridgehead atoms. The van der Waals surface area contributed by atoms with Gasteiger partial charge in [0.05, 0.1) is 0 Å². The second-order valence-corrected chi connectivity index (χ2v) is 3.38. The van der Waals surface area contributed by atoms with Crippen LogP contribution in [0.4, 0.5) is 0 Å². The van der Waals surface area contributed by atoms with Crippen molar-refractivity contribution in [1.82, 2.24) is 4.98 Å². The summed E-state index contributed by atoms with van der Waals surface area (Å²) in [4.78, 5) is 4.23. The van der Waals surface area contributed by atoms with E-state index in [1.54, 1.807) is 0 Å². The molecule has 0 aliphatic rings. The number of hydrogen-bond donors (Lipinski definition) is 1. The Hall–Kier alpha value is -1.61. The van der Waals surface area contributed by atoms with Crippen LogP contribution in [0.3, 0.4) is 0 Å². The SMILES string of the molecule is NCCCc1ocnc1-c1ccccc1. The lowest BCUT2D eigenvalue weighted by molar-refractivity contribution is 0.499. The fraction of sp³-hybridized carbons (Fsp3) is 0.250. The molecule has 0 amide bonds. The Bertz CT molecular complexity index is 409. The minimum Gasteiger partial charge on any atom is -0.448 e. The third-order valence-corrected chi connectivity index (χ3v) is 2.30. The lowest BCUT2D eigenvalue weighted by Crippen LogP contribution is -2.00. The van der Waals surface area contributed by atoms with Gasteiger partial charge in [0.2, 0.25) is 0 Å². The smallest absolute Gasteiger partial charge is 0.181 e. The number of hydrogen-bond acceptors (Lipinski definition) is 3. The molecule has 0 radical (unpaired) electrons. The van der Waals surface area contributed by atoms with Crippen LogP contribution in [0.1, 0.15) is 12.2 Å². The fourth-order valence-corrected chi connectivity index (χ4v) is 1.54. The van der Waals surface area contributed by atoms with Crippen LogP contribution >= 0.6 is 0 Å². The van der Waals surface area contributed by atoms with E-state index in [1.807, 2.05) is 30.3 Å². The standard InChI is InChI=1S/C12H14N2O/c13-8-4-7-11-12(14-9-15-11)10-5-2-1-3-6-10/h1-3,5-6,9H,4,7-8,13H2. The Morgan fingerprint density at radius 1 is 1.20 bits per heavy atom. The van der Waals surface area contributed by atoms with E-state index >= 15 is 0 Å². The van der Waals surface area contributed by atoms with E-state index in [9.17, 15) is 0 Å². The quantitative estimate of drug-likeness (QED) is 0.827. The van der Waals surface area contributed by atoms with Crippen LogP contribution in [-0.2, 0) is 6.42 Å². The molecule has 0 aliphatic carbocycles. The Morgan fingerprint density at radius 2 is 2.00 bits per heavy atom. The molecule has 15 heavy (non-hydrogen) atoms. The minimum absolute atomic E-state index is 0.676. The van der Waals surface area contributed by atoms with E-state index in [1.165, 1.54) is 6.39 Å². The van der Waals surface area contributed by atoms with Crippen LogP contribution in [0, 0.1) is 0 Å². The summed E-state index contributed by atoms with van der Waals surface area (Å²) in [7, 11) is 0. The van der Waals surface area contributed by atoms with E-state index in [-0.39, 0.29) is 0 Å². The number of aromatic nitrogens is 1. The molecular formula is C12H14N2O. The van der Waals surface area contributed by atoms with Gasteiger partial charge in [-0.25, -0.2) is 4.98 Å². The summed E-state index contributed by atoms with van der Waals surface area (Å²) in [5.41, 5.74) is 7.50. The average molecular weight is 202 g/mol. The molecule has 0 saturated heterocycles. The molecule has 1 aromatic carbocycles. The van der Waals surface area contributed by atoms with E-state index in [0.717, 1.165) is 29.9 Å². The molecule has 2 N–H and O–H groups in total. The molecule has 1 heterocycles. The van der Waals surface area contributed by atoms with Crippen molar-refractivity contribution in [2.45, 2.75) is 12.8 Å². The molecule has 0 fully saturated rings. The highest BCUT2D eigenvalue weighted by atomic mass is 16.3. The van der Waals surface area contributed by atoms with Gasteiger partial charge in [-0.15, -0.1) is 0 Å². The van der Waals surface area contributed by atoms with Gasteiger partial charge in [-0.05, 0) is 13.0 Å². The summed E-state index contributed by atoms with van der Waals surface area (Å²) >= 11 is 0. The number of nitrogens with two attached hydrogens (primary N) is 1. The van der Waals surface area contributed by atoms with Crippen LogP contribution < -0.4 is 5.73 Å². The van der Waals surface area contributed by atoms with E-state index < -0.39 is 0 Å². The lowest BCUT2D eigenvalue weighted by atomic mass is 10.1. The van der Waals surface area contributed by atoms with Crippen molar-refractivity contribution in [2.24, 2.45) is 5.73 Å². The third kappa shape index (κ3) is 2.25. The van der Waals surface area contributed by atoms with Gasteiger partial charge in [-0.2, -0.15) is 0 Å². The van der Waals surface area contributed by atoms with E-state index in [2.05, 4.69) is 4.98 Å². The molecular weight excluding hydrogens is 188 g/mol. The van der Waals surface area contributed by atoms with Crippen molar-refractivity contribution < 1.29 is 4.42 Å². The van der Waals surface area contributed by atoms with Gasteiger partial charge >= 0.3 is 0 Å². The summed E-state index contributed by atoms with van der Waals surface area (Å²) in [6, 6.07) is 10.0. The average Bonchev–Trinajstić information content (AvgIpc) is 2.75. The summed E-state index contributed by atoms with van der Waals surface area (Å²) in [6.07, 6.45) is 3.27. The largest absolute Gasteiger partial charge is 0.448 e. The normalized spacial score (nSPS) is 10.5. The zero-order valence-corrected chi connectivity index (χ0v) is 8.52. The van der Waals surface area contributed by atoms with Crippen LogP contribution in [0.15, 0.2) is 41.1 Å². The maximum Gasteiger partial charge on any atom is 0.181 e. The maximum absolute atomic E-state index is 5.47. The van der Waals surface area contributed by atoms with E-state index in [4.69, 9.17) is 10.2 Å². The molecule has 0 atom stereocenters. The maximum atomic E-state index is 5.47. The molecule has 3 nitrogen and oxygen atoms in total. The Labute approximate surface area is 88.9 Å². The molecule has 0 spiro atoms. The van der Waals surface area contributed by atoms with Gasteiger partial charge < -0.3 is 10.2 Å². The van der Waals surface area contributed by atoms with Crippen molar-refractivity contribution in [3.63, 3.8) is 0 Å². The monoisotopic (exact) mass is 202 g/mol. The molecule has 3 heteroatoms. The van der Waals surface area contributed by atoms with Gasteiger partial charge in [-0.3, -0.25) is 0 Å². The lowest BCUT2D eigenvalue weighted by Gasteiger charge is -1.99. The molecule has 2 rings (SSSR count). The first-order chi connectivity index (χ1) is 7.42. The topological polar surface area (TPSA) is 52.0 Å². The first kappa shape index (κ1) is 9.93. The van der Waals surface area contributed by atoms with Crippen LogP contribution in [0.5, 0.6) is 0 Å². The molecule has 0 saturated carbocycles. The number of oxazole rings is 1.